The van der Waals surface area contributed by atoms with E-state index in [0.717, 1.165) is 5.56 Å². The summed E-state index contributed by atoms with van der Waals surface area (Å²) in [5.41, 5.74) is 0.936. The summed E-state index contributed by atoms with van der Waals surface area (Å²) in [6, 6.07) is 9.47. The van der Waals surface area contributed by atoms with Gasteiger partial charge in [-0.1, -0.05) is 30.3 Å². The van der Waals surface area contributed by atoms with E-state index in [2.05, 4.69) is 0 Å². The Morgan fingerprint density at radius 2 is 1.74 bits per heavy atom. The summed E-state index contributed by atoms with van der Waals surface area (Å²) < 4.78 is 5.22. The summed E-state index contributed by atoms with van der Waals surface area (Å²) in [7, 11) is 0. The van der Waals surface area contributed by atoms with Crippen molar-refractivity contribution in [2.75, 3.05) is 13.1 Å². The zero-order chi connectivity index (χ0) is 13.7. The summed E-state index contributed by atoms with van der Waals surface area (Å²) in [5, 5.41) is 19.1. The molecule has 2 rings (SSSR count). The van der Waals surface area contributed by atoms with Crippen molar-refractivity contribution in [1.82, 2.24) is 4.90 Å². The lowest BCUT2D eigenvalue weighted by Crippen LogP contribution is -2.32. The standard InChI is InChI=1S/C14H19NO4/c16-12-6-8-15(9-7-13(12)17)14(18)19-10-11-4-2-1-3-5-11/h1-5,12-13,16-17H,6-10H2. The first kappa shape index (κ1) is 13.8. The van der Waals surface area contributed by atoms with Crippen molar-refractivity contribution in [1.29, 1.82) is 0 Å². The Labute approximate surface area is 112 Å². The third kappa shape index (κ3) is 3.94. The number of carbonyl (C=O) groups excluding carboxylic acids is 1. The van der Waals surface area contributed by atoms with E-state index < -0.39 is 18.3 Å². The van der Waals surface area contributed by atoms with Crippen LogP contribution in [-0.2, 0) is 11.3 Å². The lowest BCUT2D eigenvalue weighted by atomic mass is 10.1. The molecule has 0 spiro atoms. The van der Waals surface area contributed by atoms with Crippen LogP contribution in [0.3, 0.4) is 0 Å². The molecule has 1 fully saturated rings. The summed E-state index contributed by atoms with van der Waals surface area (Å²) in [5.74, 6) is 0. The van der Waals surface area contributed by atoms with Gasteiger partial charge in [0.15, 0.2) is 0 Å². The van der Waals surface area contributed by atoms with Gasteiger partial charge in [0.1, 0.15) is 6.61 Å². The third-order valence-corrected chi connectivity index (χ3v) is 3.30. The number of ether oxygens (including phenoxy) is 1. The topological polar surface area (TPSA) is 70.0 Å². The highest BCUT2D eigenvalue weighted by Crippen LogP contribution is 2.13. The largest absolute Gasteiger partial charge is 0.445 e. The Hall–Kier alpha value is -1.59. The Bertz CT molecular complexity index is 397. The second-order valence-electron chi connectivity index (χ2n) is 4.74. The fourth-order valence-corrected chi connectivity index (χ4v) is 2.07. The van der Waals surface area contributed by atoms with E-state index >= 15 is 0 Å². The predicted molar refractivity (Wildman–Crippen MR) is 69.4 cm³/mol. The van der Waals surface area contributed by atoms with Crippen molar-refractivity contribution in [3.05, 3.63) is 35.9 Å². The van der Waals surface area contributed by atoms with E-state index in [-0.39, 0.29) is 6.61 Å². The molecular formula is C14H19NO4. The lowest BCUT2D eigenvalue weighted by Gasteiger charge is -2.19. The van der Waals surface area contributed by atoms with Gasteiger partial charge in [-0.15, -0.1) is 0 Å². The van der Waals surface area contributed by atoms with Crippen molar-refractivity contribution in [3.63, 3.8) is 0 Å². The van der Waals surface area contributed by atoms with Crippen molar-refractivity contribution in [2.24, 2.45) is 0 Å². The molecule has 1 aliphatic rings. The lowest BCUT2D eigenvalue weighted by molar-refractivity contribution is 0.0187. The highest BCUT2D eigenvalue weighted by atomic mass is 16.6. The SMILES string of the molecule is O=C(OCc1ccccc1)N1CCC(O)C(O)CC1. The summed E-state index contributed by atoms with van der Waals surface area (Å²) >= 11 is 0. The maximum absolute atomic E-state index is 11.9. The molecule has 0 aliphatic carbocycles. The van der Waals surface area contributed by atoms with Gasteiger partial charge in [-0.05, 0) is 18.4 Å². The fourth-order valence-electron chi connectivity index (χ4n) is 2.07. The van der Waals surface area contributed by atoms with Crippen molar-refractivity contribution in [2.45, 2.75) is 31.7 Å². The molecule has 5 heteroatoms. The highest BCUT2D eigenvalue weighted by Gasteiger charge is 2.25. The molecule has 19 heavy (non-hydrogen) atoms. The van der Waals surface area contributed by atoms with Gasteiger partial charge in [-0.3, -0.25) is 0 Å². The van der Waals surface area contributed by atoms with Crippen molar-refractivity contribution < 1.29 is 19.7 Å². The molecule has 2 N–H and O–H groups in total. The van der Waals surface area contributed by atoms with Crippen LogP contribution in [0.25, 0.3) is 0 Å². The van der Waals surface area contributed by atoms with E-state index in [1.807, 2.05) is 30.3 Å². The van der Waals surface area contributed by atoms with Crippen LogP contribution in [-0.4, -0.2) is 46.5 Å². The number of hydrogen-bond donors (Lipinski definition) is 2. The molecule has 5 nitrogen and oxygen atoms in total. The Morgan fingerprint density at radius 3 is 2.32 bits per heavy atom. The van der Waals surface area contributed by atoms with Gasteiger partial charge in [-0.2, -0.15) is 0 Å². The minimum absolute atomic E-state index is 0.237. The highest BCUT2D eigenvalue weighted by molar-refractivity contribution is 5.67. The zero-order valence-corrected chi connectivity index (χ0v) is 10.7. The van der Waals surface area contributed by atoms with Crippen LogP contribution in [0.2, 0.25) is 0 Å². The summed E-state index contributed by atoms with van der Waals surface area (Å²) in [6.07, 6.45) is -1.16. The van der Waals surface area contributed by atoms with Gasteiger partial charge in [0, 0.05) is 13.1 Å². The van der Waals surface area contributed by atoms with Crippen LogP contribution in [0.15, 0.2) is 30.3 Å². The molecule has 1 aromatic carbocycles. The minimum Gasteiger partial charge on any atom is -0.445 e. The number of nitrogens with zero attached hydrogens (tertiary/aromatic N) is 1. The summed E-state index contributed by atoms with van der Waals surface area (Å²) in [4.78, 5) is 13.4. The molecule has 0 bridgehead atoms. The molecule has 1 aromatic rings. The normalized spacial score (nSPS) is 23.8. The van der Waals surface area contributed by atoms with Crippen molar-refractivity contribution in [3.8, 4) is 0 Å². The average molecular weight is 265 g/mol. The van der Waals surface area contributed by atoms with E-state index in [1.54, 1.807) is 0 Å². The van der Waals surface area contributed by atoms with Gasteiger partial charge in [-0.25, -0.2) is 4.79 Å². The molecule has 0 saturated carbocycles. The van der Waals surface area contributed by atoms with E-state index in [1.165, 1.54) is 4.90 Å². The summed E-state index contributed by atoms with van der Waals surface area (Å²) in [6.45, 7) is 1.05. The van der Waals surface area contributed by atoms with Crippen molar-refractivity contribution >= 4 is 6.09 Å². The first-order chi connectivity index (χ1) is 9.16. The predicted octanol–water partition coefficient (Wildman–Crippen LogP) is 1.14. The second kappa shape index (κ2) is 6.54. The van der Waals surface area contributed by atoms with Gasteiger partial charge < -0.3 is 19.8 Å². The number of aliphatic hydroxyl groups is 2. The maximum atomic E-state index is 11.9. The van der Waals surface area contributed by atoms with Gasteiger partial charge in [0.25, 0.3) is 0 Å². The smallest absolute Gasteiger partial charge is 0.410 e. The molecule has 0 radical (unpaired) electrons. The number of hydrogen-bond acceptors (Lipinski definition) is 4. The number of carbonyl (C=O) groups is 1. The average Bonchev–Trinajstić information content (AvgIpc) is 2.60. The van der Waals surface area contributed by atoms with E-state index in [0.29, 0.717) is 25.9 Å². The van der Waals surface area contributed by atoms with Crippen LogP contribution >= 0.6 is 0 Å². The molecule has 0 aromatic heterocycles. The van der Waals surface area contributed by atoms with Crippen LogP contribution in [0.4, 0.5) is 4.79 Å². The number of rotatable bonds is 2. The van der Waals surface area contributed by atoms with Crippen LogP contribution in [0, 0.1) is 0 Å². The van der Waals surface area contributed by atoms with Gasteiger partial charge in [0.2, 0.25) is 0 Å². The van der Waals surface area contributed by atoms with Gasteiger partial charge in [0.05, 0.1) is 12.2 Å². The third-order valence-electron chi connectivity index (χ3n) is 3.30. The number of benzene rings is 1. The van der Waals surface area contributed by atoms with Crippen LogP contribution in [0.5, 0.6) is 0 Å². The first-order valence-corrected chi connectivity index (χ1v) is 6.48. The number of likely N-dealkylation sites (tertiary alicyclic amines) is 1. The quantitative estimate of drug-likeness (QED) is 0.841. The maximum Gasteiger partial charge on any atom is 0.410 e. The van der Waals surface area contributed by atoms with E-state index in [4.69, 9.17) is 4.74 Å². The molecule has 1 heterocycles. The molecule has 104 valence electrons. The minimum atomic E-state index is -0.757. The number of amides is 1. The molecule has 2 unspecified atom stereocenters. The first-order valence-electron chi connectivity index (χ1n) is 6.48. The Kier molecular flexibility index (Phi) is 4.76. The zero-order valence-electron chi connectivity index (χ0n) is 10.7. The van der Waals surface area contributed by atoms with Crippen LogP contribution in [0.1, 0.15) is 18.4 Å². The molecule has 1 amide bonds. The Balaban J connectivity index is 1.83. The van der Waals surface area contributed by atoms with Gasteiger partial charge >= 0.3 is 6.09 Å². The van der Waals surface area contributed by atoms with Crippen LogP contribution < -0.4 is 0 Å². The van der Waals surface area contributed by atoms with E-state index in [9.17, 15) is 15.0 Å². The molecular weight excluding hydrogens is 246 g/mol. The monoisotopic (exact) mass is 265 g/mol. The molecule has 1 saturated heterocycles. The second-order valence-corrected chi connectivity index (χ2v) is 4.74. The Morgan fingerprint density at radius 1 is 1.16 bits per heavy atom. The number of aliphatic hydroxyl groups excluding tert-OH is 2. The fraction of sp³-hybridized carbons (Fsp3) is 0.500. The molecule has 1 aliphatic heterocycles. The molecule has 2 atom stereocenters.